The first-order chi connectivity index (χ1) is 18.8. The molecule has 2 aromatic heterocycles. The second-order valence-electron chi connectivity index (χ2n) is 9.55. The van der Waals surface area contributed by atoms with Crippen LogP contribution in [0.1, 0.15) is 19.3 Å². The van der Waals surface area contributed by atoms with E-state index in [9.17, 15) is 18.5 Å². The highest BCUT2D eigenvalue weighted by molar-refractivity contribution is 7.93. The molecule has 0 unspecified atom stereocenters. The van der Waals surface area contributed by atoms with Gasteiger partial charge in [-0.3, -0.25) is 19.3 Å². The van der Waals surface area contributed by atoms with Gasteiger partial charge in [0.1, 0.15) is 5.82 Å². The number of nitro groups is 1. The van der Waals surface area contributed by atoms with E-state index in [4.69, 9.17) is 4.74 Å². The number of para-hydroxylation sites is 1. The fourth-order valence-corrected chi connectivity index (χ4v) is 6.97. The molecule has 0 saturated carbocycles. The van der Waals surface area contributed by atoms with Crippen molar-refractivity contribution in [3.63, 3.8) is 0 Å². The van der Waals surface area contributed by atoms with E-state index in [1.165, 1.54) is 57.5 Å². The fourth-order valence-electron chi connectivity index (χ4n) is 5.32. The predicted molar refractivity (Wildman–Crippen MR) is 141 cm³/mol. The Labute approximate surface area is 223 Å². The van der Waals surface area contributed by atoms with E-state index < -0.39 is 31.3 Å². The molecule has 1 atom stereocenters. The number of ether oxygens (including phenoxy) is 1. The molecular weight excluding hydrogens is 527 g/mol. The zero-order valence-corrected chi connectivity index (χ0v) is 21.6. The maximum absolute atomic E-state index is 15.3. The van der Waals surface area contributed by atoms with Gasteiger partial charge in [0.15, 0.2) is 10.5 Å². The summed E-state index contributed by atoms with van der Waals surface area (Å²) >= 11 is 0. The van der Waals surface area contributed by atoms with Crippen molar-refractivity contribution in [1.82, 2.24) is 19.5 Å². The number of nitrogens with zero attached hydrogens (tertiary/aromatic N) is 6. The van der Waals surface area contributed by atoms with E-state index in [0.29, 0.717) is 36.7 Å². The van der Waals surface area contributed by atoms with Crippen LogP contribution in [0, 0.1) is 15.9 Å². The monoisotopic (exact) mass is 552 g/mol. The molecule has 0 spiro atoms. The van der Waals surface area contributed by atoms with Gasteiger partial charge in [0.2, 0.25) is 5.88 Å². The van der Waals surface area contributed by atoms with Crippen LogP contribution in [0.5, 0.6) is 5.88 Å². The summed E-state index contributed by atoms with van der Waals surface area (Å²) in [6.07, 6.45) is 5.46. The average Bonchev–Trinajstić information content (AvgIpc) is 3.56. The van der Waals surface area contributed by atoms with Crippen molar-refractivity contribution in [1.29, 1.82) is 0 Å². The van der Waals surface area contributed by atoms with Crippen molar-refractivity contribution < 1.29 is 22.5 Å². The number of aromatic nitrogens is 3. The summed E-state index contributed by atoms with van der Waals surface area (Å²) in [7, 11) is -4.41. The molecule has 1 fully saturated rings. The number of anilines is 1. The predicted octanol–water partition coefficient (Wildman–Crippen LogP) is 3.89. The normalized spacial score (nSPS) is 18.4. The third kappa shape index (κ3) is 4.57. The Balaban J connectivity index is 1.55. The molecule has 202 valence electrons. The molecule has 39 heavy (non-hydrogen) atoms. The van der Waals surface area contributed by atoms with Gasteiger partial charge in [-0.15, -0.1) is 0 Å². The Bertz CT molecular complexity index is 1680. The minimum atomic E-state index is -4.41. The number of hydrogen-bond acceptors (Lipinski definition) is 8. The molecule has 1 saturated heterocycles. The topological polar surface area (TPSA) is 123 Å². The Kier molecular flexibility index (Phi) is 6.39. The minimum absolute atomic E-state index is 0.0513. The molecule has 4 heterocycles. The summed E-state index contributed by atoms with van der Waals surface area (Å²) in [5, 5.41) is 16.0. The molecule has 2 aliphatic rings. The molecule has 4 aromatic rings. The van der Waals surface area contributed by atoms with Crippen LogP contribution in [-0.4, -0.2) is 65.1 Å². The van der Waals surface area contributed by atoms with Crippen molar-refractivity contribution in [2.24, 2.45) is 0 Å². The Morgan fingerprint density at radius 3 is 2.74 bits per heavy atom. The molecule has 6 rings (SSSR count). The standard InChI is InChI=1S/C26H25FN6O5S/c27-22-9-8-18-15-20(22)21-16-28-31-13-10-25(29-26(21)31)38-14-4-12-30-11-3-5-19(30)17-32(18)39(36,37)24-7-2-1-6-23(24)33(34)35/h1-2,6-10,13,15-16,19H,3-5,11-12,14,17H2/t19-/m0/s1. The van der Waals surface area contributed by atoms with Gasteiger partial charge in [0.05, 0.1) is 23.4 Å². The summed E-state index contributed by atoms with van der Waals surface area (Å²) in [4.78, 5) is 17.4. The lowest BCUT2D eigenvalue weighted by atomic mass is 10.1. The van der Waals surface area contributed by atoms with Gasteiger partial charge in [-0.05, 0) is 50.1 Å². The molecule has 0 radical (unpaired) electrons. The molecule has 0 amide bonds. The van der Waals surface area contributed by atoms with Gasteiger partial charge in [0.25, 0.3) is 15.7 Å². The lowest BCUT2D eigenvalue weighted by Gasteiger charge is -2.32. The van der Waals surface area contributed by atoms with Crippen LogP contribution in [0.2, 0.25) is 0 Å². The summed E-state index contributed by atoms with van der Waals surface area (Å²) in [6.45, 7) is 1.92. The maximum atomic E-state index is 15.3. The Morgan fingerprint density at radius 2 is 1.90 bits per heavy atom. The number of hydrogen-bond donors (Lipinski definition) is 0. The molecule has 0 aliphatic carbocycles. The van der Waals surface area contributed by atoms with E-state index in [1.807, 2.05) is 0 Å². The van der Waals surface area contributed by atoms with Gasteiger partial charge in [-0.25, -0.2) is 17.3 Å². The zero-order valence-electron chi connectivity index (χ0n) is 20.8. The molecule has 4 bridgehead atoms. The van der Waals surface area contributed by atoms with Crippen molar-refractivity contribution in [3.8, 4) is 17.0 Å². The van der Waals surface area contributed by atoms with Gasteiger partial charge < -0.3 is 4.74 Å². The number of fused-ring (bicyclic) bond motifs is 5. The van der Waals surface area contributed by atoms with E-state index in [0.717, 1.165) is 19.4 Å². The highest BCUT2D eigenvalue weighted by Crippen LogP contribution is 2.36. The van der Waals surface area contributed by atoms with E-state index in [2.05, 4.69) is 15.0 Å². The molecule has 11 nitrogen and oxygen atoms in total. The number of nitro benzene ring substituents is 1. The third-order valence-corrected chi connectivity index (χ3v) is 9.06. The van der Waals surface area contributed by atoms with Crippen LogP contribution in [0.15, 0.2) is 65.8 Å². The quantitative estimate of drug-likeness (QED) is 0.277. The fraction of sp³-hybridized carbons (Fsp3) is 0.308. The van der Waals surface area contributed by atoms with E-state index in [1.54, 1.807) is 12.3 Å². The average molecular weight is 553 g/mol. The number of rotatable bonds is 3. The van der Waals surface area contributed by atoms with Crippen molar-refractivity contribution >= 4 is 27.0 Å². The first kappa shape index (κ1) is 25.2. The SMILES string of the molecule is O=[N+]([O-])c1ccccc1S(=O)(=O)N1C[C@@H]2CCCN2CCCOc2ccn3ncc(c3n2)-c2cc1ccc2F. The third-order valence-electron chi connectivity index (χ3n) is 7.22. The highest BCUT2D eigenvalue weighted by atomic mass is 32.2. The number of benzene rings is 2. The maximum Gasteiger partial charge on any atom is 0.289 e. The number of halogens is 1. The summed E-state index contributed by atoms with van der Waals surface area (Å²) < 4.78 is 52.1. The lowest BCUT2D eigenvalue weighted by molar-refractivity contribution is -0.387. The first-order valence-corrected chi connectivity index (χ1v) is 14.0. The summed E-state index contributed by atoms with van der Waals surface area (Å²) in [5.41, 5.74) is 0.494. The smallest absolute Gasteiger partial charge is 0.289 e. The lowest BCUT2D eigenvalue weighted by Crippen LogP contribution is -2.44. The van der Waals surface area contributed by atoms with Crippen molar-refractivity contribution in [2.75, 3.05) is 30.5 Å². The van der Waals surface area contributed by atoms with Gasteiger partial charge in [0, 0.05) is 48.6 Å². The molecule has 2 aliphatic heterocycles. The van der Waals surface area contributed by atoms with Gasteiger partial charge >= 0.3 is 0 Å². The number of sulfonamides is 1. The molecule has 13 heteroatoms. The molecule has 0 N–H and O–H groups in total. The van der Waals surface area contributed by atoms with E-state index >= 15 is 4.39 Å². The van der Waals surface area contributed by atoms with Crippen LogP contribution in [0.25, 0.3) is 16.8 Å². The van der Waals surface area contributed by atoms with Gasteiger partial charge in [-0.2, -0.15) is 10.1 Å². The van der Waals surface area contributed by atoms with Crippen LogP contribution < -0.4 is 9.04 Å². The highest BCUT2D eigenvalue weighted by Gasteiger charge is 2.36. The second kappa shape index (κ2) is 9.89. The van der Waals surface area contributed by atoms with Crippen LogP contribution in [0.3, 0.4) is 0 Å². The van der Waals surface area contributed by atoms with Crippen LogP contribution in [0.4, 0.5) is 15.8 Å². The zero-order chi connectivity index (χ0) is 27.1. The molecule has 2 aromatic carbocycles. The van der Waals surface area contributed by atoms with Crippen LogP contribution >= 0.6 is 0 Å². The van der Waals surface area contributed by atoms with E-state index in [-0.39, 0.29) is 23.8 Å². The minimum Gasteiger partial charge on any atom is -0.478 e. The van der Waals surface area contributed by atoms with Crippen molar-refractivity contribution in [2.45, 2.75) is 30.2 Å². The Hall–Kier alpha value is -4.10. The first-order valence-electron chi connectivity index (χ1n) is 12.6. The second-order valence-corrected chi connectivity index (χ2v) is 11.4. The molecular formula is C26H25FN6O5S. The van der Waals surface area contributed by atoms with Gasteiger partial charge in [-0.1, -0.05) is 12.1 Å². The summed E-state index contributed by atoms with van der Waals surface area (Å²) in [6, 6.07) is 10.8. The van der Waals surface area contributed by atoms with Crippen molar-refractivity contribution in [3.05, 3.63) is 76.9 Å². The van der Waals surface area contributed by atoms with Crippen LogP contribution in [-0.2, 0) is 10.0 Å². The Morgan fingerprint density at radius 1 is 1.08 bits per heavy atom. The largest absolute Gasteiger partial charge is 0.478 e. The summed E-state index contributed by atoms with van der Waals surface area (Å²) in [5.74, 6) is -0.203.